The molecule has 1 nitrogen and oxygen atoms in total. The third-order valence-corrected chi connectivity index (χ3v) is 4.87. The molecule has 1 aliphatic rings. The van der Waals surface area contributed by atoms with Gasteiger partial charge in [0.1, 0.15) is 0 Å². The van der Waals surface area contributed by atoms with Crippen molar-refractivity contribution in [3.05, 3.63) is 69.7 Å². The largest absolute Gasteiger partial charge is 0.417 e. The van der Waals surface area contributed by atoms with E-state index in [0.29, 0.717) is 5.56 Å². The molecule has 0 aliphatic heterocycles. The fraction of sp³-hybridized carbons (Fsp3) is 0.333. The molecule has 0 fully saturated rings. The molecule has 0 unspecified atom stereocenters. The van der Waals surface area contributed by atoms with Gasteiger partial charge in [-0.3, -0.25) is 0 Å². The normalized spacial score (nSPS) is 20.2. The Labute approximate surface area is 150 Å². The first-order chi connectivity index (χ1) is 10.9. The number of alkyl halides is 3. The summed E-state index contributed by atoms with van der Waals surface area (Å²) in [5, 5.41) is 3.02. The number of hydrogen-bond donors (Lipinski definition) is 1. The van der Waals surface area contributed by atoms with Gasteiger partial charge < -0.3 is 5.32 Å². The minimum atomic E-state index is -4.44. The van der Waals surface area contributed by atoms with Gasteiger partial charge in [0.05, 0.1) is 10.6 Å². The lowest BCUT2D eigenvalue weighted by molar-refractivity contribution is -0.137. The first-order valence-corrected chi connectivity index (χ1v) is 7.92. The van der Waals surface area contributed by atoms with Crippen LogP contribution in [0.1, 0.15) is 47.1 Å². The maximum absolute atomic E-state index is 13.1. The van der Waals surface area contributed by atoms with E-state index >= 15 is 0 Å². The van der Waals surface area contributed by atoms with Crippen LogP contribution >= 0.6 is 24.0 Å². The minimum absolute atomic E-state index is 0. The SMILES string of the molecule is CN[C@H]1CC[C@@H](c2ccc(Cl)c(C(F)(F)F)c2)c2ccccc21.Cl. The fourth-order valence-corrected chi connectivity index (χ4v) is 3.64. The van der Waals surface area contributed by atoms with Gasteiger partial charge in [-0.1, -0.05) is 41.9 Å². The van der Waals surface area contributed by atoms with Gasteiger partial charge in [0.25, 0.3) is 0 Å². The third-order valence-electron chi connectivity index (χ3n) is 4.54. The molecule has 2 atom stereocenters. The maximum atomic E-state index is 13.1. The van der Waals surface area contributed by atoms with Crippen molar-refractivity contribution in [1.29, 1.82) is 0 Å². The highest BCUT2D eigenvalue weighted by Crippen LogP contribution is 2.43. The molecular weight excluding hydrogens is 358 g/mol. The van der Waals surface area contributed by atoms with E-state index in [2.05, 4.69) is 5.32 Å². The predicted molar refractivity (Wildman–Crippen MR) is 93.0 cm³/mol. The van der Waals surface area contributed by atoms with Crippen LogP contribution in [0.15, 0.2) is 42.5 Å². The summed E-state index contributed by atoms with van der Waals surface area (Å²) in [6, 6.07) is 12.5. The average Bonchev–Trinajstić information content (AvgIpc) is 2.53. The zero-order valence-corrected chi connectivity index (χ0v) is 14.6. The van der Waals surface area contributed by atoms with Crippen LogP contribution in [0.25, 0.3) is 0 Å². The third kappa shape index (κ3) is 3.56. The molecule has 0 saturated heterocycles. The van der Waals surface area contributed by atoms with Gasteiger partial charge >= 0.3 is 6.18 Å². The zero-order chi connectivity index (χ0) is 16.6. The summed E-state index contributed by atoms with van der Waals surface area (Å²) < 4.78 is 39.3. The number of rotatable bonds is 2. The van der Waals surface area contributed by atoms with Gasteiger partial charge in [-0.2, -0.15) is 13.2 Å². The summed E-state index contributed by atoms with van der Waals surface area (Å²) >= 11 is 5.74. The van der Waals surface area contributed by atoms with Crippen LogP contribution in [0.3, 0.4) is 0 Å². The number of benzene rings is 2. The van der Waals surface area contributed by atoms with Crippen molar-refractivity contribution in [3.8, 4) is 0 Å². The summed E-state index contributed by atoms with van der Waals surface area (Å²) in [5.41, 5.74) is 2.16. The van der Waals surface area contributed by atoms with Crippen LogP contribution < -0.4 is 5.32 Å². The topological polar surface area (TPSA) is 12.0 Å². The molecule has 0 radical (unpaired) electrons. The van der Waals surface area contributed by atoms with Gasteiger partial charge in [-0.25, -0.2) is 0 Å². The van der Waals surface area contributed by atoms with Crippen LogP contribution in [0.4, 0.5) is 13.2 Å². The van der Waals surface area contributed by atoms with E-state index in [-0.39, 0.29) is 29.4 Å². The molecule has 0 heterocycles. The molecule has 24 heavy (non-hydrogen) atoms. The molecule has 3 rings (SSSR count). The van der Waals surface area contributed by atoms with E-state index < -0.39 is 11.7 Å². The number of fused-ring (bicyclic) bond motifs is 1. The average molecular weight is 376 g/mol. The van der Waals surface area contributed by atoms with Crippen molar-refractivity contribution in [3.63, 3.8) is 0 Å². The summed E-state index contributed by atoms with van der Waals surface area (Å²) in [6.45, 7) is 0. The molecule has 0 amide bonds. The van der Waals surface area contributed by atoms with Gasteiger partial charge in [-0.15, -0.1) is 12.4 Å². The molecule has 2 aromatic rings. The van der Waals surface area contributed by atoms with Crippen molar-refractivity contribution in [2.24, 2.45) is 0 Å². The lowest BCUT2D eigenvalue weighted by Gasteiger charge is -2.32. The molecule has 0 bridgehead atoms. The standard InChI is InChI=1S/C18H17ClF3N.ClH/c1-23-17-9-7-12(13-4-2-3-5-14(13)17)11-6-8-16(19)15(10-11)18(20,21)22;/h2-6,8,10,12,17,23H,7,9H2,1H3;1H/t12-,17-;/m0./s1. The Bertz CT molecular complexity index is 716. The van der Waals surface area contributed by atoms with Crippen molar-refractivity contribution >= 4 is 24.0 Å². The van der Waals surface area contributed by atoms with E-state index in [1.165, 1.54) is 12.1 Å². The van der Waals surface area contributed by atoms with Crippen LogP contribution in [-0.2, 0) is 6.18 Å². The number of nitrogens with one attached hydrogen (secondary N) is 1. The van der Waals surface area contributed by atoms with E-state index in [1.807, 2.05) is 31.3 Å². The van der Waals surface area contributed by atoms with Crippen molar-refractivity contribution < 1.29 is 13.2 Å². The van der Waals surface area contributed by atoms with Crippen molar-refractivity contribution in [2.45, 2.75) is 31.0 Å². The van der Waals surface area contributed by atoms with Gasteiger partial charge in [0.2, 0.25) is 0 Å². The second-order valence-electron chi connectivity index (χ2n) is 5.84. The lowest BCUT2D eigenvalue weighted by Crippen LogP contribution is -2.24. The van der Waals surface area contributed by atoms with Gasteiger partial charge in [0, 0.05) is 12.0 Å². The molecule has 1 aliphatic carbocycles. The monoisotopic (exact) mass is 375 g/mol. The molecule has 1 N–H and O–H groups in total. The van der Waals surface area contributed by atoms with E-state index in [9.17, 15) is 13.2 Å². The second-order valence-corrected chi connectivity index (χ2v) is 6.24. The molecule has 0 saturated carbocycles. The lowest BCUT2D eigenvalue weighted by atomic mass is 9.76. The van der Waals surface area contributed by atoms with Gasteiger partial charge in [-0.05, 0) is 48.7 Å². The maximum Gasteiger partial charge on any atom is 0.417 e. The second kappa shape index (κ2) is 7.34. The van der Waals surface area contributed by atoms with Crippen molar-refractivity contribution in [2.75, 3.05) is 7.05 Å². The quantitative estimate of drug-likeness (QED) is 0.681. The van der Waals surface area contributed by atoms with Gasteiger partial charge in [0.15, 0.2) is 0 Å². The van der Waals surface area contributed by atoms with E-state index in [1.54, 1.807) is 6.07 Å². The number of hydrogen-bond acceptors (Lipinski definition) is 1. The van der Waals surface area contributed by atoms with Crippen LogP contribution in [-0.4, -0.2) is 7.05 Å². The number of halogens is 5. The summed E-state index contributed by atoms with van der Waals surface area (Å²) in [6.07, 6.45) is -2.74. The Morgan fingerprint density at radius 1 is 1.04 bits per heavy atom. The molecule has 6 heteroatoms. The highest BCUT2D eigenvalue weighted by atomic mass is 35.5. The Morgan fingerprint density at radius 2 is 1.71 bits per heavy atom. The smallest absolute Gasteiger partial charge is 0.313 e. The molecule has 2 aromatic carbocycles. The highest BCUT2D eigenvalue weighted by molar-refractivity contribution is 6.31. The van der Waals surface area contributed by atoms with Crippen molar-refractivity contribution in [1.82, 2.24) is 5.32 Å². The Balaban J connectivity index is 0.00000208. The molecule has 130 valence electrons. The van der Waals surface area contributed by atoms with Crippen LogP contribution in [0, 0.1) is 0 Å². The molecule has 0 aromatic heterocycles. The first-order valence-electron chi connectivity index (χ1n) is 7.54. The van der Waals surface area contributed by atoms with Crippen LogP contribution in [0.2, 0.25) is 5.02 Å². The molecular formula is C18H18Cl2F3N. The Kier molecular flexibility index (Phi) is 5.84. The molecule has 0 spiro atoms. The predicted octanol–water partition coefficient (Wildman–Crippen LogP) is 5.97. The minimum Gasteiger partial charge on any atom is -0.313 e. The highest BCUT2D eigenvalue weighted by Gasteiger charge is 2.35. The van der Waals surface area contributed by atoms with E-state index in [4.69, 9.17) is 11.6 Å². The summed E-state index contributed by atoms with van der Waals surface area (Å²) in [7, 11) is 1.91. The van der Waals surface area contributed by atoms with Crippen LogP contribution in [0.5, 0.6) is 0 Å². The Morgan fingerprint density at radius 3 is 2.33 bits per heavy atom. The summed E-state index contributed by atoms with van der Waals surface area (Å²) in [4.78, 5) is 0. The first kappa shape index (κ1) is 19.1. The fourth-order valence-electron chi connectivity index (χ4n) is 3.41. The zero-order valence-electron chi connectivity index (χ0n) is 13.0. The van der Waals surface area contributed by atoms with E-state index in [0.717, 1.165) is 24.0 Å². The summed E-state index contributed by atoms with van der Waals surface area (Å²) in [5.74, 6) is -0.0332. The Hall–Kier alpha value is -1.23.